The minimum absolute atomic E-state index is 0.0174. The fourth-order valence-corrected chi connectivity index (χ4v) is 1.61. The molecule has 1 aliphatic heterocycles. The first kappa shape index (κ1) is 8.94. The Morgan fingerprint density at radius 3 is 2.91 bits per heavy atom. The Morgan fingerprint density at radius 2 is 2.27 bits per heavy atom. The molecule has 1 heterocycles. The van der Waals surface area contributed by atoms with E-state index in [1.54, 1.807) is 0 Å². The summed E-state index contributed by atoms with van der Waals surface area (Å²) in [5.41, 5.74) is 0. The quantitative estimate of drug-likeness (QED) is 0.620. The molecule has 0 bridgehead atoms. The van der Waals surface area contributed by atoms with Gasteiger partial charge in [-0.1, -0.05) is 6.92 Å². The molecule has 0 spiro atoms. The van der Waals surface area contributed by atoms with Crippen LogP contribution in [0.2, 0.25) is 0 Å². The number of nitrogens with one attached hydrogen (secondary N) is 1. The van der Waals surface area contributed by atoms with E-state index in [0.29, 0.717) is 13.0 Å². The molecule has 0 saturated carbocycles. The molecule has 0 aromatic carbocycles. The third kappa shape index (κ3) is 2.14. The highest BCUT2D eigenvalue weighted by Crippen LogP contribution is 2.22. The highest BCUT2D eigenvalue weighted by molar-refractivity contribution is 4.82. The molecular weight excluding hydrogens is 145 g/mol. The van der Waals surface area contributed by atoms with Crippen molar-refractivity contribution < 1.29 is 9.50 Å². The van der Waals surface area contributed by atoms with E-state index < -0.39 is 6.17 Å². The highest BCUT2D eigenvalue weighted by Gasteiger charge is 2.29. The van der Waals surface area contributed by atoms with Crippen molar-refractivity contribution in [3.63, 3.8) is 0 Å². The lowest BCUT2D eigenvalue weighted by Crippen LogP contribution is -2.44. The van der Waals surface area contributed by atoms with Crippen LogP contribution >= 0.6 is 0 Å². The normalized spacial score (nSPS) is 39.0. The van der Waals surface area contributed by atoms with E-state index in [0.717, 1.165) is 6.54 Å². The Kier molecular flexibility index (Phi) is 3.27. The minimum atomic E-state index is -0.733. The van der Waals surface area contributed by atoms with Crippen molar-refractivity contribution in [2.75, 3.05) is 19.7 Å². The fourth-order valence-electron chi connectivity index (χ4n) is 1.61. The second-order valence-corrected chi connectivity index (χ2v) is 3.35. The molecule has 0 amide bonds. The average Bonchev–Trinajstić information content (AvgIpc) is 1.99. The minimum Gasteiger partial charge on any atom is -0.396 e. The monoisotopic (exact) mass is 161 g/mol. The molecule has 1 fully saturated rings. The number of hydrogen-bond acceptors (Lipinski definition) is 2. The van der Waals surface area contributed by atoms with Crippen molar-refractivity contribution in [3.8, 4) is 0 Å². The molecule has 1 saturated heterocycles. The van der Waals surface area contributed by atoms with Crippen molar-refractivity contribution in [1.82, 2.24) is 5.32 Å². The lowest BCUT2D eigenvalue weighted by molar-refractivity contribution is 0.0999. The molecule has 0 aromatic heterocycles. The standard InChI is InChI=1S/C8H16FNO/c1-6-4-10-5-7(2-3-11)8(6)9/h6-8,10-11H,2-5H2,1H3/t6-,7+,8+/m1/s1. The Bertz CT molecular complexity index is 119. The van der Waals surface area contributed by atoms with E-state index >= 15 is 0 Å². The van der Waals surface area contributed by atoms with Crippen molar-refractivity contribution in [2.24, 2.45) is 11.8 Å². The van der Waals surface area contributed by atoms with Crippen LogP contribution in [0.15, 0.2) is 0 Å². The maximum atomic E-state index is 13.3. The zero-order valence-corrected chi connectivity index (χ0v) is 6.89. The fraction of sp³-hybridized carbons (Fsp3) is 1.00. The molecule has 11 heavy (non-hydrogen) atoms. The average molecular weight is 161 g/mol. The Hall–Kier alpha value is -0.150. The number of rotatable bonds is 2. The van der Waals surface area contributed by atoms with E-state index in [2.05, 4.69) is 5.32 Å². The summed E-state index contributed by atoms with van der Waals surface area (Å²) in [5.74, 6) is 0.115. The lowest BCUT2D eigenvalue weighted by Gasteiger charge is -2.31. The number of hydrogen-bond donors (Lipinski definition) is 2. The smallest absolute Gasteiger partial charge is 0.108 e. The van der Waals surface area contributed by atoms with Gasteiger partial charge in [0.2, 0.25) is 0 Å². The third-order valence-electron chi connectivity index (χ3n) is 2.37. The first-order valence-electron chi connectivity index (χ1n) is 4.21. The van der Waals surface area contributed by atoms with Gasteiger partial charge < -0.3 is 10.4 Å². The first-order valence-corrected chi connectivity index (χ1v) is 4.21. The molecule has 0 aliphatic carbocycles. The molecule has 2 nitrogen and oxygen atoms in total. The van der Waals surface area contributed by atoms with E-state index in [9.17, 15) is 4.39 Å². The van der Waals surface area contributed by atoms with Gasteiger partial charge >= 0.3 is 0 Å². The summed E-state index contributed by atoms with van der Waals surface area (Å²) in [7, 11) is 0. The molecule has 0 aromatic rings. The largest absolute Gasteiger partial charge is 0.396 e. The van der Waals surface area contributed by atoms with Crippen LogP contribution in [-0.2, 0) is 0 Å². The molecule has 0 unspecified atom stereocenters. The van der Waals surface area contributed by atoms with Gasteiger partial charge in [0.25, 0.3) is 0 Å². The first-order chi connectivity index (χ1) is 5.25. The Labute approximate surface area is 66.8 Å². The highest BCUT2D eigenvalue weighted by atomic mass is 19.1. The molecule has 0 radical (unpaired) electrons. The summed E-state index contributed by atoms with van der Waals surface area (Å²) in [6.45, 7) is 3.48. The van der Waals surface area contributed by atoms with Gasteiger partial charge in [-0.3, -0.25) is 0 Å². The number of halogens is 1. The predicted octanol–water partition coefficient (Wildman–Crippen LogP) is 0.562. The van der Waals surface area contributed by atoms with Gasteiger partial charge in [0.05, 0.1) is 0 Å². The van der Waals surface area contributed by atoms with Gasteiger partial charge in [-0.05, 0) is 6.42 Å². The second kappa shape index (κ2) is 4.02. The van der Waals surface area contributed by atoms with E-state index in [-0.39, 0.29) is 18.4 Å². The zero-order valence-electron chi connectivity index (χ0n) is 6.89. The SMILES string of the molecule is C[C@@H]1CNC[C@H](CCO)[C@H]1F. The van der Waals surface area contributed by atoms with Gasteiger partial charge in [-0.25, -0.2) is 4.39 Å². The van der Waals surface area contributed by atoms with E-state index in [1.165, 1.54) is 0 Å². The summed E-state index contributed by atoms with van der Waals surface area (Å²) in [5, 5.41) is 11.8. The molecule has 66 valence electrons. The topological polar surface area (TPSA) is 32.3 Å². The molecule has 3 heteroatoms. The summed E-state index contributed by atoms with van der Waals surface area (Å²) >= 11 is 0. The maximum Gasteiger partial charge on any atom is 0.108 e. The number of alkyl halides is 1. The number of aliphatic hydroxyl groups excluding tert-OH is 1. The molecular formula is C8H16FNO. The van der Waals surface area contributed by atoms with Crippen LogP contribution in [0.25, 0.3) is 0 Å². The molecule has 1 aliphatic rings. The third-order valence-corrected chi connectivity index (χ3v) is 2.37. The van der Waals surface area contributed by atoms with Gasteiger partial charge in [-0.2, -0.15) is 0 Å². The van der Waals surface area contributed by atoms with Crippen molar-refractivity contribution >= 4 is 0 Å². The summed E-state index contributed by atoms with van der Waals surface area (Å²) < 4.78 is 13.3. The van der Waals surface area contributed by atoms with Gasteiger partial charge in [0.1, 0.15) is 6.17 Å². The summed E-state index contributed by atoms with van der Waals surface area (Å²) in [6, 6.07) is 0. The van der Waals surface area contributed by atoms with Gasteiger partial charge in [0.15, 0.2) is 0 Å². The molecule has 2 N–H and O–H groups in total. The van der Waals surface area contributed by atoms with Crippen LogP contribution in [0, 0.1) is 11.8 Å². The van der Waals surface area contributed by atoms with Gasteiger partial charge in [-0.15, -0.1) is 0 Å². The van der Waals surface area contributed by atoms with Crippen molar-refractivity contribution in [3.05, 3.63) is 0 Å². The van der Waals surface area contributed by atoms with Crippen LogP contribution in [0.4, 0.5) is 4.39 Å². The van der Waals surface area contributed by atoms with E-state index in [1.807, 2.05) is 6.92 Å². The number of piperidine rings is 1. The van der Waals surface area contributed by atoms with Gasteiger partial charge in [0, 0.05) is 31.5 Å². The maximum absolute atomic E-state index is 13.3. The van der Waals surface area contributed by atoms with Crippen molar-refractivity contribution in [2.45, 2.75) is 19.5 Å². The second-order valence-electron chi connectivity index (χ2n) is 3.35. The van der Waals surface area contributed by atoms with Crippen LogP contribution in [0.1, 0.15) is 13.3 Å². The zero-order chi connectivity index (χ0) is 8.27. The Balaban J connectivity index is 2.38. The van der Waals surface area contributed by atoms with Crippen LogP contribution in [0.3, 0.4) is 0 Å². The summed E-state index contributed by atoms with van der Waals surface area (Å²) in [4.78, 5) is 0. The Morgan fingerprint density at radius 1 is 1.55 bits per heavy atom. The molecule has 1 rings (SSSR count). The van der Waals surface area contributed by atoms with Crippen LogP contribution in [-0.4, -0.2) is 31.0 Å². The summed E-state index contributed by atoms with van der Waals surface area (Å²) in [6.07, 6.45) is -0.151. The molecule has 3 atom stereocenters. The van der Waals surface area contributed by atoms with Crippen molar-refractivity contribution in [1.29, 1.82) is 0 Å². The number of aliphatic hydroxyl groups is 1. The van der Waals surface area contributed by atoms with E-state index in [4.69, 9.17) is 5.11 Å². The van der Waals surface area contributed by atoms with Crippen LogP contribution < -0.4 is 5.32 Å². The lowest BCUT2D eigenvalue weighted by atomic mass is 9.88. The predicted molar refractivity (Wildman–Crippen MR) is 42.1 cm³/mol. The van der Waals surface area contributed by atoms with Crippen LogP contribution in [0.5, 0.6) is 0 Å².